The lowest BCUT2D eigenvalue weighted by Crippen LogP contribution is -2.48. The second-order valence-electron chi connectivity index (χ2n) is 7.53. The van der Waals surface area contributed by atoms with Crippen molar-refractivity contribution in [2.45, 2.75) is 51.1 Å². The quantitative estimate of drug-likeness (QED) is 0.906. The molecule has 0 aromatic heterocycles. The largest absolute Gasteiger partial charge is 0.339 e. The molecule has 2 fully saturated rings. The van der Waals surface area contributed by atoms with Crippen molar-refractivity contribution >= 4 is 5.91 Å². The zero-order chi connectivity index (χ0) is 16.4. The Morgan fingerprint density at radius 1 is 1.00 bits per heavy atom. The number of hydrogen-bond donors (Lipinski definition) is 1. The average Bonchev–Trinajstić information content (AvgIpc) is 2.68. The Morgan fingerprint density at radius 2 is 1.79 bits per heavy atom. The molecule has 0 aliphatic carbocycles. The van der Waals surface area contributed by atoms with Crippen LogP contribution in [0.5, 0.6) is 0 Å². The summed E-state index contributed by atoms with van der Waals surface area (Å²) in [7, 11) is 0. The Bertz CT molecular complexity index is 587. The summed E-state index contributed by atoms with van der Waals surface area (Å²) in [6.07, 6.45) is 7.41. The Labute approximate surface area is 145 Å². The SMILES string of the molecule is O=C(c1ccc2c(c1)CCNC2)N1CCC(N2CCCCC2)CC1. The van der Waals surface area contributed by atoms with E-state index < -0.39 is 0 Å². The first-order valence-corrected chi connectivity index (χ1v) is 9.67. The van der Waals surface area contributed by atoms with Crippen molar-refractivity contribution in [1.29, 1.82) is 0 Å². The van der Waals surface area contributed by atoms with Gasteiger partial charge >= 0.3 is 0 Å². The fraction of sp³-hybridized carbons (Fsp3) is 0.650. The number of nitrogens with one attached hydrogen (secondary N) is 1. The van der Waals surface area contributed by atoms with Crippen molar-refractivity contribution in [1.82, 2.24) is 15.1 Å². The molecule has 0 spiro atoms. The van der Waals surface area contributed by atoms with Gasteiger partial charge in [-0.15, -0.1) is 0 Å². The van der Waals surface area contributed by atoms with Crippen molar-refractivity contribution in [3.63, 3.8) is 0 Å². The minimum atomic E-state index is 0.230. The zero-order valence-electron chi connectivity index (χ0n) is 14.6. The van der Waals surface area contributed by atoms with Crippen molar-refractivity contribution in [2.24, 2.45) is 0 Å². The highest BCUT2D eigenvalue weighted by atomic mass is 16.2. The molecule has 1 N–H and O–H groups in total. The third-order valence-corrected chi connectivity index (χ3v) is 6.00. The summed E-state index contributed by atoms with van der Waals surface area (Å²) in [5, 5.41) is 3.39. The third kappa shape index (κ3) is 3.35. The number of rotatable bonds is 2. The number of carbonyl (C=O) groups is 1. The van der Waals surface area contributed by atoms with Gasteiger partial charge in [0.1, 0.15) is 0 Å². The molecule has 0 bridgehead atoms. The molecule has 130 valence electrons. The maximum absolute atomic E-state index is 12.9. The molecule has 3 heterocycles. The van der Waals surface area contributed by atoms with E-state index >= 15 is 0 Å². The van der Waals surface area contributed by atoms with Gasteiger partial charge in [-0.25, -0.2) is 0 Å². The van der Waals surface area contributed by atoms with Crippen molar-refractivity contribution in [3.05, 3.63) is 34.9 Å². The van der Waals surface area contributed by atoms with Crippen LogP contribution in [0.15, 0.2) is 18.2 Å². The first kappa shape index (κ1) is 16.1. The molecule has 4 rings (SSSR count). The highest BCUT2D eigenvalue weighted by Crippen LogP contribution is 2.23. The van der Waals surface area contributed by atoms with E-state index in [2.05, 4.69) is 27.2 Å². The van der Waals surface area contributed by atoms with Gasteiger partial charge in [-0.1, -0.05) is 12.5 Å². The second-order valence-corrected chi connectivity index (χ2v) is 7.53. The van der Waals surface area contributed by atoms with Gasteiger partial charge in [0.25, 0.3) is 5.91 Å². The summed E-state index contributed by atoms with van der Waals surface area (Å²) in [4.78, 5) is 17.6. The summed E-state index contributed by atoms with van der Waals surface area (Å²) in [6.45, 7) is 6.31. The van der Waals surface area contributed by atoms with Crippen molar-refractivity contribution in [3.8, 4) is 0 Å². The van der Waals surface area contributed by atoms with Crippen LogP contribution in [0.25, 0.3) is 0 Å². The van der Waals surface area contributed by atoms with Crippen LogP contribution in [0.1, 0.15) is 53.6 Å². The minimum Gasteiger partial charge on any atom is -0.339 e. The second kappa shape index (κ2) is 7.24. The monoisotopic (exact) mass is 327 g/mol. The first-order chi connectivity index (χ1) is 11.8. The molecule has 0 unspecified atom stereocenters. The Hall–Kier alpha value is -1.39. The van der Waals surface area contributed by atoms with E-state index in [-0.39, 0.29) is 5.91 Å². The highest BCUT2D eigenvalue weighted by molar-refractivity contribution is 5.94. The van der Waals surface area contributed by atoms with E-state index in [9.17, 15) is 4.79 Å². The molecule has 4 nitrogen and oxygen atoms in total. The maximum atomic E-state index is 12.9. The summed E-state index contributed by atoms with van der Waals surface area (Å²) < 4.78 is 0. The van der Waals surface area contributed by atoms with Gasteiger partial charge in [-0.2, -0.15) is 0 Å². The van der Waals surface area contributed by atoms with Crippen LogP contribution in [-0.4, -0.2) is 54.5 Å². The standard InChI is InChI=1S/C20H29N3O/c24-20(17-4-5-18-15-21-9-6-16(18)14-17)23-12-7-19(8-13-23)22-10-2-1-3-11-22/h4-5,14,19,21H,1-3,6-13,15H2. The molecule has 0 saturated carbocycles. The molecule has 1 amide bonds. The molecule has 1 aromatic rings. The van der Waals surface area contributed by atoms with E-state index in [0.29, 0.717) is 6.04 Å². The van der Waals surface area contributed by atoms with Gasteiger partial charge in [0.2, 0.25) is 0 Å². The van der Waals surface area contributed by atoms with Crippen LogP contribution >= 0.6 is 0 Å². The summed E-state index contributed by atoms with van der Waals surface area (Å²) in [6, 6.07) is 6.99. The summed E-state index contributed by atoms with van der Waals surface area (Å²) in [5.41, 5.74) is 3.58. The number of benzene rings is 1. The number of nitrogens with zero attached hydrogens (tertiary/aromatic N) is 2. The van der Waals surface area contributed by atoms with Crippen LogP contribution in [0.3, 0.4) is 0 Å². The number of hydrogen-bond acceptors (Lipinski definition) is 3. The molecule has 3 aliphatic rings. The van der Waals surface area contributed by atoms with Crippen LogP contribution in [0.2, 0.25) is 0 Å². The van der Waals surface area contributed by atoms with E-state index in [1.165, 1.54) is 43.5 Å². The average molecular weight is 327 g/mol. The molecule has 0 radical (unpaired) electrons. The van der Waals surface area contributed by atoms with Crippen molar-refractivity contribution < 1.29 is 4.79 Å². The van der Waals surface area contributed by atoms with Crippen LogP contribution < -0.4 is 5.32 Å². The molecular weight excluding hydrogens is 298 g/mol. The lowest BCUT2D eigenvalue weighted by Gasteiger charge is -2.40. The number of carbonyl (C=O) groups excluding carboxylic acids is 1. The van der Waals surface area contributed by atoms with Gasteiger partial charge in [0.15, 0.2) is 0 Å². The maximum Gasteiger partial charge on any atom is 0.253 e. The normalized spacial score (nSPS) is 23.1. The highest BCUT2D eigenvalue weighted by Gasteiger charge is 2.28. The fourth-order valence-electron chi connectivity index (χ4n) is 4.51. The molecule has 1 aromatic carbocycles. The Kier molecular flexibility index (Phi) is 4.86. The van der Waals surface area contributed by atoms with E-state index in [0.717, 1.165) is 51.0 Å². The van der Waals surface area contributed by atoms with Gasteiger partial charge in [0, 0.05) is 31.2 Å². The smallest absolute Gasteiger partial charge is 0.253 e. The predicted molar refractivity (Wildman–Crippen MR) is 96.2 cm³/mol. The molecule has 4 heteroatoms. The lowest BCUT2D eigenvalue weighted by atomic mass is 9.96. The number of piperidine rings is 2. The first-order valence-electron chi connectivity index (χ1n) is 9.67. The third-order valence-electron chi connectivity index (χ3n) is 6.00. The minimum absolute atomic E-state index is 0.230. The van der Waals surface area contributed by atoms with Crippen LogP contribution in [0.4, 0.5) is 0 Å². The molecule has 3 aliphatic heterocycles. The van der Waals surface area contributed by atoms with Gasteiger partial charge < -0.3 is 15.1 Å². The molecule has 24 heavy (non-hydrogen) atoms. The molecular formula is C20H29N3O. The van der Waals surface area contributed by atoms with E-state index in [1.807, 2.05) is 6.07 Å². The predicted octanol–water partition coefficient (Wildman–Crippen LogP) is 2.42. The Morgan fingerprint density at radius 3 is 2.58 bits per heavy atom. The fourth-order valence-corrected chi connectivity index (χ4v) is 4.51. The summed E-state index contributed by atoms with van der Waals surface area (Å²) in [5.74, 6) is 0.230. The molecule has 0 atom stereocenters. The van der Waals surface area contributed by atoms with Crippen LogP contribution in [0, 0.1) is 0 Å². The Balaban J connectivity index is 1.37. The van der Waals surface area contributed by atoms with Crippen LogP contribution in [-0.2, 0) is 13.0 Å². The number of fused-ring (bicyclic) bond motifs is 1. The zero-order valence-corrected chi connectivity index (χ0v) is 14.6. The van der Waals surface area contributed by atoms with Gasteiger partial charge in [-0.3, -0.25) is 4.79 Å². The number of amides is 1. The summed E-state index contributed by atoms with van der Waals surface area (Å²) >= 11 is 0. The van der Waals surface area contributed by atoms with Gasteiger partial charge in [-0.05, 0) is 75.0 Å². The topological polar surface area (TPSA) is 35.6 Å². The van der Waals surface area contributed by atoms with E-state index in [1.54, 1.807) is 0 Å². The lowest BCUT2D eigenvalue weighted by molar-refractivity contribution is 0.0590. The van der Waals surface area contributed by atoms with Crippen molar-refractivity contribution in [2.75, 3.05) is 32.7 Å². The molecule has 2 saturated heterocycles. The van der Waals surface area contributed by atoms with Gasteiger partial charge in [0.05, 0.1) is 0 Å². The van der Waals surface area contributed by atoms with E-state index in [4.69, 9.17) is 0 Å². The number of likely N-dealkylation sites (tertiary alicyclic amines) is 2.